The second-order valence-electron chi connectivity index (χ2n) is 4.76. The zero-order chi connectivity index (χ0) is 12.8. The summed E-state index contributed by atoms with van der Waals surface area (Å²) in [6.45, 7) is 5.09. The van der Waals surface area contributed by atoms with E-state index in [0.717, 1.165) is 49.1 Å². The van der Waals surface area contributed by atoms with Crippen LogP contribution in [0.5, 0.6) is 0 Å². The third kappa shape index (κ3) is 4.07. The average Bonchev–Trinajstić information content (AvgIpc) is 3.00. The van der Waals surface area contributed by atoms with E-state index < -0.39 is 0 Å². The zero-order valence-corrected chi connectivity index (χ0v) is 11.7. The fourth-order valence-electron chi connectivity index (χ4n) is 2.20. The van der Waals surface area contributed by atoms with Gasteiger partial charge in [0.15, 0.2) is 0 Å². The Morgan fingerprint density at radius 1 is 1.67 bits per heavy atom. The molecule has 2 rings (SSSR count). The van der Waals surface area contributed by atoms with Crippen LogP contribution in [0.2, 0.25) is 0 Å². The molecule has 1 unspecified atom stereocenters. The molecule has 0 aromatic carbocycles. The summed E-state index contributed by atoms with van der Waals surface area (Å²) >= 11 is 1.64. The van der Waals surface area contributed by atoms with Gasteiger partial charge in [-0.15, -0.1) is 11.3 Å². The molecule has 1 amide bonds. The Kier molecular flexibility index (Phi) is 5.13. The summed E-state index contributed by atoms with van der Waals surface area (Å²) in [5, 5.41) is 9.41. The van der Waals surface area contributed by atoms with Crippen LogP contribution in [0.4, 0.5) is 0 Å². The SMILES string of the molecule is CCc1nc(CC(=O)NCCC2CCNC2)cs1. The number of aromatic nitrogens is 1. The third-order valence-corrected chi connectivity index (χ3v) is 4.32. The van der Waals surface area contributed by atoms with Gasteiger partial charge in [0.2, 0.25) is 5.91 Å². The summed E-state index contributed by atoms with van der Waals surface area (Å²) in [4.78, 5) is 16.1. The van der Waals surface area contributed by atoms with E-state index >= 15 is 0 Å². The van der Waals surface area contributed by atoms with E-state index in [4.69, 9.17) is 0 Å². The van der Waals surface area contributed by atoms with E-state index in [1.165, 1.54) is 6.42 Å². The Hall–Kier alpha value is -0.940. The largest absolute Gasteiger partial charge is 0.356 e. The maximum Gasteiger partial charge on any atom is 0.226 e. The van der Waals surface area contributed by atoms with E-state index in [0.29, 0.717) is 6.42 Å². The number of nitrogens with zero attached hydrogens (tertiary/aromatic N) is 1. The van der Waals surface area contributed by atoms with Crippen LogP contribution in [-0.4, -0.2) is 30.5 Å². The molecule has 0 radical (unpaired) electrons. The van der Waals surface area contributed by atoms with Gasteiger partial charge in [0, 0.05) is 11.9 Å². The molecule has 0 aliphatic carbocycles. The highest BCUT2D eigenvalue weighted by Gasteiger charge is 2.14. The van der Waals surface area contributed by atoms with E-state index in [1.54, 1.807) is 11.3 Å². The van der Waals surface area contributed by atoms with Gasteiger partial charge in [-0.1, -0.05) is 6.92 Å². The van der Waals surface area contributed by atoms with Gasteiger partial charge in [0.1, 0.15) is 0 Å². The van der Waals surface area contributed by atoms with Gasteiger partial charge in [-0.2, -0.15) is 0 Å². The molecule has 18 heavy (non-hydrogen) atoms. The van der Waals surface area contributed by atoms with Crippen LogP contribution < -0.4 is 10.6 Å². The van der Waals surface area contributed by atoms with Crippen LogP contribution in [0.3, 0.4) is 0 Å². The number of nitrogens with one attached hydrogen (secondary N) is 2. The molecule has 0 spiro atoms. The highest BCUT2D eigenvalue weighted by Crippen LogP contribution is 2.12. The maximum absolute atomic E-state index is 11.7. The monoisotopic (exact) mass is 267 g/mol. The fourth-order valence-corrected chi connectivity index (χ4v) is 2.94. The predicted octanol–water partition coefficient (Wildman–Crippen LogP) is 1.36. The molecule has 1 aromatic heterocycles. The summed E-state index contributed by atoms with van der Waals surface area (Å²) < 4.78 is 0. The molecule has 4 nitrogen and oxygen atoms in total. The molecule has 1 atom stereocenters. The lowest BCUT2D eigenvalue weighted by Gasteiger charge is -2.08. The van der Waals surface area contributed by atoms with Crippen LogP contribution in [0.1, 0.15) is 30.5 Å². The van der Waals surface area contributed by atoms with Crippen molar-refractivity contribution in [2.24, 2.45) is 5.92 Å². The number of hydrogen-bond acceptors (Lipinski definition) is 4. The molecule has 1 aliphatic heterocycles. The van der Waals surface area contributed by atoms with E-state index in [2.05, 4.69) is 22.5 Å². The molecular weight excluding hydrogens is 246 g/mol. The van der Waals surface area contributed by atoms with Crippen molar-refractivity contribution in [2.45, 2.75) is 32.6 Å². The minimum absolute atomic E-state index is 0.0916. The second kappa shape index (κ2) is 6.85. The number of carbonyl (C=O) groups is 1. The quantitative estimate of drug-likeness (QED) is 0.818. The van der Waals surface area contributed by atoms with Crippen molar-refractivity contribution >= 4 is 17.2 Å². The molecule has 100 valence electrons. The lowest BCUT2D eigenvalue weighted by atomic mass is 10.1. The van der Waals surface area contributed by atoms with Crippen molar-refractivity contribution in [3.05, 3.63) is 16.1 Å². The summed E-state index contributed by atoms with van der Waals surface area (Å²) in [5.41, 5.74) is 0.900. The molecule has 0 bridgehead atoms. The van der Waals surface area contributed by atoms with Gasteiger partial charge in [-0.05, 0) is 38.3 Å². The smallest absolute Gasteiger partial charge is 0.226 e. The van der Waals surface area contributed by atoms with Gasteiger partial charge in [-0.3, -0.25) is 4.79 Å². The summed E-state index contributed by atoms with van der Waals surface area (Å²) in [7, 11) is 0. The first kappa shape index (κ1) is 13.5. The second-order valence-corrected chi connectivity index (χ2v) is 5.70. The van der Waals surface area contributed by atoms with Gasteiger partial charge >= 0.3 is 0 Å². The van der Waals surface area contributed by atoms with Crippen LogP contribution >= 0.6 is 11.3 Å². The zero-order valence-electron chi connectivity index (χ0n) is 10.9. The Morgan fingerprint density at radius 3 is 3.22 bits per heavy atom. The van der Waals surface area contributed by atoms with Gasteiger partial charge < -0.3 is 10.6 Å². The van der Waals surface area contributed by atoms with Crippen LogP contribution in [0, 0.1) is 5.92 Å². The van der Waals surface area contributed by atoms with Gasteiger partial charge in [-0.25, -0.2) is 4.98 Å². The van der Waals surface area contributed by atoms with E-state index in [1.807, 2.05) is 5.38 Å². The number of hydrogen-bond donors (Lipinski definition) is 2. The summed E-state index contributed by atoms with van der Waals surface area (Å²) in [6.07, 6.45) is 3.68. The standard InChI is InChI=1S/C13H21N3OS/c1-2-13-16-11(9-18-13)7-12(17)15-6-4-10-3-5-14-8-10/h9-10,14H,2-8H2,1H3,(H,15,17). The van der Waals surface area contributed by atoms with Crippen molar-refractivity contribution in [1.29, 1.82) is 0 Å². The number of carbonyl (C=O) groups excluding carboxylic acids is 1. The molecule has 1 aromatic rings. The first-order valence-electron chi connectivity index (χ1n) is 6.68. The van der Waals surface area contributed by atoms with Crippen LogP contribution in [-0.2, 0) is 17.6 Å². The number of amides is 1. The third-order valence-electron chi connectivity index (χ3n) is 3.28. The normalized spacial score (nSPS) is 19.1. The number of rotatable bonds is 6. The fraction of sp³-hybridized carbons (Fsp3) is 0.692. The highest BCUT2D eigenvalue weighted by molar-refractivity contribution is 7.09. The topological polar surface area (TPSA) is 54.0 Å². The highest BCUT2D eigenvalue weighted by atomic mass is 32.1. The molecule has 1 aliphatic rings. The van der Waals surface area contributed by atoms with Crippen LogP contribution in [0.25, 0.3) is 0 Å². The minimum Gasteiger partial charge on any atom is -0.356 e. The lowest BCUT2D eigenvalue weighted by molar-refractivity contribution is -0.120. The van der Waals surface area contributed by atoms with Crippen LogP contribution in [0.15, 0.2) is 5.38 Å². The molecule has 1 saturated heterocycles. The predicted molar refractivity (Wildman–Crippen MR) is 73.8 cm³/mol. The van der Waals surface area contributed by atoms with Crippen molar-refractivity contribution < 1.29 is 4.79 Å². The molecular formula is C13H21N3OS. The Bertz CT molecular complexity index is 385. The molecule has 0 saturated carbocycles. The maximum atomic E-state index is 11.7. The Labute approximate surface area is 112 Å². The first-order valence-corrected chi connectivity index (χ1v) is 7.56. The molecule has 2 N–H and O–H groups in total. The van der Waals surface area contributed by atoms with Crippen molar-refractivity contribution in [2.75, 3.05) is 19.6 Å². The van der Waals surface area contributed by atoms with Crippen molar-refractivity contribution in [3.63, 3.8) is 0 Å². The molecule has 5 heteroatoms. The van der Waals surface area contributed by atoms with E-state index in [9.17, 15) is 4.79 Å². The Morgan fingerprint density at radius 2 is 2.56 bits per heavy atom. The molecule has 1 fully saturated rings. The van der Waals surface area contributed by atoms with Crippen molar-refractivity contribution in [1.82, 2.24) is 15.6 Å². The summed E-state index contributed by atoms with van der Waals surface area (Å²) in [5.74, 6) is 0.824. The van der Waals surface area contributed by atoms with Crippen molar-refractivity contribution in [3.8, 4) is 0 Å². The van der Waals surface area contributed by atoms with Gasteiger partial charge in [0.25, 0.3) is 0 Å². The number of aryl methyl sites for hydroxylation is 1. The summed E-state index contributed by atoms with van der Waals surface area (Å²) in [6, 6.07) is 0. The average molecular weight is 267 g/mol. The first-order chi connectivity index (χ1) is 8.78. The minimum atomic E-state index is 0.0916. The van der Waals surface area contributed by atoms with E-state index in [-0.39, 0.29) is 5.91 Å². The Balaban J connectivity index is 1.65. The molecule has 2 heterocycles. The van der Waals surface area contributed by atoms with Gasteiger partial charge in [0.05, 0.1) is 17.1 Å². The lowest BCUT2D eigenvalue weighted by Crippen LogP contribution is -2.27. The number of thiazole rings is 1.